The molecule has 2 N–H and O–H groups in total. The number of carboxylic acid groups (broad SMARTS) is 2. The van der Waals surface area contributed by atoms with Gasteiger partial charge in [0.25, 0.3) is 0 Å². The highest BCUT2D eigenvalue weighted by Crippen LogP contribution is 2.58. The molecular formula is C18H14Cl2O4. The SMILES string of the molecule is O=C(O)[C@@H]1[C@H](C(=O)O)[C@@H](c2ccc(Cl)cc2)[C@H]1c1ccc(Cl)cc1. The lowest BCUT2D eigenvalue weighted by Gasteiger charge is -2.48. The van der Waals surface area contributed by atoms with Crippen molar-refractivity contribution in [3.05, 3.63) is 69.7 Å². The molecule has 24 heavy (non-hydrogen) atoms. The van der Waals surface area contributed by atoms with Gasteiger partial charge in [0.1, 0.15) is 0 Å². The molecule has 0 unspecified atom stereocenters. The van der Waals surface area contributed by atoms with E-state index in [1.54, 1.807) is 48.5 Å². The summed E-state index contributed by atoms with van der Waals surface area (Å²) < 4.78 is 0. The Balaban J connectivity index is 2.06. The zero-order valence-electron chi connectivity index (χ0n) is 12.4. The van der Waals surface area contributed by atoms with Crippen LogP contribution in [0.1, 0.15) is 23.0 Å². The molecule has 0 spiro atoms. The number of hydrogen-bond donors (Lipinski definition) is 2. The van der Waals surface area contributed by atoms with Crippen LogP contribution in [0.2, 0.25) is 10.0 Å². The van der Waals surface area contributed by atoms with E-state index in [0.29, 0.717) is 10.0 Å². The zero-order valence-corrected chi connectivity index (χ0v) is 13.9. The summed E-state index contributed by atoms with van der Waals surface area (Å²) in [5.74, 6) is -5.03. The molecule has 2 aromatic carbocycles. The molecule has 0 heterocycles. The monoisotopic (exact) mass is 364 g/mol. The highest BCUT2D eigenvalue weighted by Gasteiger charge is 2.58. The third kappa shape index (κ3) is 2.87. The van der Waals surface area contributed by atoms with Crippen molar-refractivity contribution in [3.8, 4) is 0 Å². The normalized spacial score (nSPS) is 25.8. The number of aliphatic carboxylic acids is 2. The summed E-state index contributed by atoms with van der Waals surface area (Å²) in [6, 6.07) is 13.7. The summed E-state index contributed by atoms with van der Waals surface area (Å²) >= 11 is 11.8. The Morgan fingerprint density at radius 1 is 0.667 bits per heavy atom. The second kappa shape index (κ2) is 6.46. The Hall–Kier alpha value is -2.04. The lowest BCUT2D eigenvalue weighted by Crippen LogP contribution is -2.51. The summed E-state index contributed by atoms with van der Waals surface area (Å²) in [6.07, 6.45) is 0. The average molecular weight is 365 g/mol. The van der Waals surface area contributed by atoms with Gasteiger partial charge in [-0.2, -0.15) is 0 Å². The molecule has 1 fully saturated rings. The van der Waals surface area contributed by atoms with E-state index in [0.717, 1.165) is 11.1 Å². The second-order valence-corrected chi connectivity index (χ2v) is 6.76. The molecule has 0 radical (unpaired) electrons. The van der Waals surface area contributed by atoms with Crippen LogP contribution in [0, 0.1) is 11.8 Å². The molecular weight excluding hydrogens is 351 g/mol. The van der Waals surface area contributed by atoms with Crippen LogP contribution in [-0.2, 0) is 9.59 Å². The smallest absolute Gasteiger partial charge is 0.308 e. The van der Waals surface area contributed by atoms with Gasteiger partial charge in [-0.15, -0.1) is 0 Å². The van der Waals surface area contributed by atoms with Crippen molar-refractivity contribution in [2.75, 3.05) is 0 Å². The van der Waals surface area contributed by atoms with Crippen LogP contribution in [0.5, 0.6) is 0 Å². The maximum atomic E-state index is 11.7. The van der Waals surface area contributed by atoms with Crippen molar-refractivity contribution in [2.24, 2.45) is 11.8 Å². The van der Waals surface area contributed by atoms with Crippen LogP contribution in [0.25, 0.3) is 0 Å². The van der Waals surface area contributed by atoms with Crippen molar-refractivity contribution < 1.29 is 19.8 Å². The molecule has 6 heteroatoms. The van der Waals surface area contributed by atoms with Crippen molar-refractivity contribution in [2.45, 2.75) is 11.8 Å². The van der Waals surface area contributed by atoms with Gasteiger partial charge in [-0.3, -0.25) is 9.59 Å². The third-order valence-electron chi connectivity index (χ3n) is 4.63. The zero-order chi connectivity index (χ0) is 17.4. The number of benzene rings is 2. The predicted octanol–water partition coefficient (Wildman–Crippen LogP) is 4.28. The molecule has 3 rings (SSSR count). The Bertz CT molecular complexity index is 703. The van der Waals surface area contributed by atoms with E-state index >= 15 is 0 Å². The van der Waals surface area contributed by atoms with E-state index < -0.39 is 35.6 Å². The summed E-state index contributed by atoms with van der Waals surface area (Å²) in [6.45, 7) is 0. The number of carbonyl (C=O) groups is 2. The first-order valence-electron chi connectivity index (χ1n) is 7.36. The molecule has 0 saturated heterocycles. The summed E-state index contributed by atoms with van der Waals surface area (Å²) in [7, 11) is 0. The molecule has 1 aliphatic carbocycles. The second-order valence-electron chi connectivity index (χ2n) is 5.88. The number of rotatable bonds is 4. The molecule has 1 saturated carbocycles. The fraction of sp³-hybridized carbons (Fsp3) is 0.222. The Kier molecular flexibility index (Phi) is 4.52. The fourth-order valence-corrected chi connectivity index (χ4v) is 3.81. The fourth-order valence-electron chi connectivity index (χ4n) is 3.56. The van der Waals surface area contributed by atoms with Gasteiger partial charge in [-0.05, 0) is 35.4 Å². The maximum absolute atomic E-state index is 11.7. The van der Waals surface area contributed by atoms with Crippen molar-refractivity contribution >= 4 is 35.1 Å². The van der Waals surface area contributed by atoms with Gasteiger partial charge < -0.3 is 10.2 Å². The number of halogens is 2. The van der Waals surface area contributed by atoms with E-state index in [2.05, 4.69) is 0 Å². The minimum Gasteiger partial charge on any atom is -0.481 e. The topological polar surface area (TPSA) is 74.6 Å². The van der Waals surface area contributed by atoms with Gasteiger partial charge in [-0.25, -0.2) is 0 Å². The predicted molar refractivity (Wildman–Crippen MR) is 90.6 cm³/mol. The Morgan fingerprint density at radius 2 is 0.958 bits per heavy atom. The molecule has 124 valence electrons. The summed E-state index contributed by atoms with van der Waals surface area (Å²) in [5, 5.41) is 20.2. The average Bonchev–Trinajstić information content (AvgIpc) is 2.49. The van der Waals surface area contributed by atoms with Gasteiger partial charge in [0, 0.05) is 21.9 Å². The summed E-state index contributed by atoms with van der Waals surface area (Å²) in [4.78, 5) is 23.3. The standard InChI is InChI=1S/C18H14Cl2O4/c19-11-5-1-9(2-6-11)13-14(10-3-7-12(20)8-4-10)16(18(23)24)15(13)17(21)22/h1-8,13-16H,(H,21,22)(H,23,24)/t13-,14+,15+,16-. The van der Waals surface area contributed by atoms with E-state index in [9.17, 15) is 19.8 Å². The van der Waals surface area contributed by atoms with Gasteiger partial charge in [-0.1, -0.05) is 47.5 Å². The van der Waals surface area contributed by atoms with E-state index in [4.69, 9.17) is 23.2 Å². The molecule has 4 nitrogen and oxygen atoms in total. The van der Waals surface area contributed by atoms with Gasteiger partial charge >= 0.3 is 11.9 Å². The highest BCUT2D eigenvalue weighted by molar-refractivity contribution is 6.30. The first-order valence-corrected chi connectivity index (χ1v) is 8.12. The van der Waals surface area contributed by atoms with E-state index in [1.807, 2.05) is 0 Å². The third-order valence-corrected chi connectivity index (χ3v) is 5.13. The minimum absolute atomic E-state index is 0.429. The van der Waals surface area contributed by atoms with E-state index in [1.165, 1.54) is 0 Å². The molecule has 0 amide bonds. The van der Waals surface area contributed by atoms with Gasteiger partial charge in [0.15, 0.2) is 0 Å². The van der Waals surface area contributed by atoms with Crippen LogP contribution >= 0.6 is 23.2 Å². The van der Waals surface area contributed by atoms with Crippen LogP contribution in [0.3, 0.4) is 0 Å². The Morgan fingerprint density at radius 3 is 1.21 bits per heavy atom. The maximum Gasteiger partial charge on any atom is 0.308 e. The molecule has 0 aliphatic heterocycles. The number of carboxylic acids is 2. The number of hydrogen-bond acceptors (Lipinski definition) is 2. The van der Waals surface area contributed by atoms with Crippen molar-refractivity contribution in [3.63, 3.8) is 0 Å². The minimum atomic E-state index is -1.10. The van der Waals surface area contributed by atoms with Crippen LogP contribution in [-0.4, -0.2) is 22.2 Å². The first-order chi connectivity index (χ1) is 11.4. The largest absolute Gasteiger partial charge is 0.481 e. The highest BCUT2D eigenvalue weighted by atomic mass is 35.5. The summed E-state index contributed by atoms with van der Waals surface area (Å²) in [5.41, 5.74) is 1.54. The van der Waals surface area contributed by atoms with Crippen LogP contribution in [0.4, 0.5) is 0 Å². The Labute approximate surface area is 148 Å². The lowest BCUT2D eigenvalue weighted by atomic mass is 9.52. The molecule has 1 aliphatic rings. The lowest BCUT2D eigenvalue weighted by molar-refractivity contribution is -0.164. The quantitative estimate of drug-likeness (QED) is 0.848. The van der Waals surface area contributed by atoms with Gasteiger partial charge in [0.2, 0.25) is 0 Å². The van der Waals surface area contributed by atoms with Crippen molar-refractivity contribution in [1.29, 1.82) is 0 Å². The van der Waals surface area contributed by atoms with Crippen molar-refractivity contribution in [1.82, 2.24) is 0 Å². The molecule has 0 aromatic heterocycles. The molecule has 2 aromatic rings. The van der Waals surface area contributed by atoms with Crippen LogP contribution in [0.15, 0.2) is 48.5 Å². The van der Waals surface area contributed by atoms with Crippen LogP contribution < -0.4 is 0 Å². The van der Waals surface area contributed by atoms with Gasteiger partial charge in [0.05, 0.1) is 11.8 Å². The first kappa shape index (κ1) is 16.8. The molecule has 0 bridgehead atoms. The van der Waals surface area contributed by atoms with E-state index in [-0.39, 0.29) is 0 Å². The molecule has 4 atom stereocenters.